The minimum atomic E-state index is -4.26. The quantitative estimate of drug-likeness (QED) is 0.283. The van der Waals surface area contributed by atoms with Crippen LogP contribution in [-0.4, -0.2) is 58.0 Å². The molecular formula is C30H35Cl2N3O6S. The molecule has 3 rings (SSSR count). The molecule has 1 N–H and O–H groups in total. The van der Waals surface area contributed by atoms with Gasteiger partial charge < -0.3 is 19.7 Å². The molecule has 0 aromatic heterocycles. The topological polar surface area (TPSA) is 105 Å². The number of hydrogen-bond donors (Lipinski definition) is 1. The third-order valence-corrected chi connectivity index (χ3v) is 9.03. The Bertz CT molecular complexity index is 1510. The average Bonchev–Trinajstić information content (AvgIpc) is 2.94. The van der Waals surface area contributed by atoms with Crippen LogP contribution in [0.2, 0.25) is 10.0 Å². The Kier molecular flexibility index (Phi) is 11.1. The Morgan fingerprint density at radius 1 is 0.905 bits per heavy atom. The van der Waals surface area contributed by atoms with E-state index in [2.05, 4.69) is 5.32 Å². The Morgan fingerprint density at radius 3 is 2.05 bits per heavy atom. The lowest BCUT2D eigenvalue weighted by molar-refractivity contribution is -0.139. The molecule has 226 valence electrons. The number of carbonyl (C=O) groups is 2. The number of aryl methyl sites for hydroxylation is 1. The van der Waals surface area contributed by atoms with Crippen LogP contribution in [0.4, 0.5) is 5.69 Å². The van der Waals surface area contributed by atoms with Crippen molar-refractivity contribution in [1.29, 1.82) is 0 Å². The maximum absolute atomic E-state index is 14.1. The van der Waals surface area contributed by atoms with Crippen molar-refractivity contribution < 1.29 is 27.5 Å². The second-order valence-electron chi connectivity index (χ2n) is 9.93. The SMILES string of the molecule is COc1ccc(N(CC(=O)N(Cc2c(Cl)cccc2Cl)C(C)C(=O)NC(C)C)S(=O)(=O)c2ccc(C)cc2)cc1OC. The van der Waals surface area contributed by atoms with Crippen molar-refractivity contribution in [1.82, 2.24) is 10.2 Å². The number of methoxy groups -OCH3 is 2. The summed E-state index contributed by atoms with van der Waals surface area (Å²) in [6.45, 7) is 6.24. The largest absolute Gasteiger partial charge is 0.493 e. The van der Waals surface area contributed by atoms with Crippen molar-refractivity contribution >= 4 is 50.7 Å². The molecule has 0 heterocycles. The van der Waals surface area contributed by atoms with Crippen molar-refractivity contribution in [2.24, 2.45) is 0 Å². The van der Waals surface area contributed by atoms with Gasteiger partial charge in [0.05, 0.1) is 24.8 Å². The van der Waals surface area contributed by atoms with Crippen molar-refractivity contribution in [2.45, 2.75) is 51.2 Å². The highest BCUT2D eigenvalue weighted by atomic mass is 35.5. The summed E-state index contributed by atoms with van der Waals surface area (Å²) in [5, 5.41) is 3.42. The first-order valence-corrected chi connectivity index (χ1v) is 15.3. The van der Waals surface area contributed by atoms with Gasteiger partial charge in [0.2, 0.25) is 11.8 Å². The number of amides is 2. The number of sulfonamides is 1. The molecule has 3 aromatic carbocycles. The maximum atomic E-state index is 14.1. The van der Waals surface area contributed by atoms with Crippen LogP contribution < -0.4 is 19.1 Å². The standard InChI is InChI=1S/C30H35Cl2N3O6S/c1-19(2)33-30(37)21(4)34(17-24-25(31)8-7-9-26(24)32)29(36)18-35(22-12-15-27(40-5)28(16-22)41-6)42(38,39)23-13-10-20(3)11-14-23/h7-16,19,21H,17-18H2,1-6H3,(H,33,37). The van der Waals surface area contributed by atoms with E-state index in [1.54, 1.807) is 57.2 Å². The van der Waals surface area contributed by atoms with Gasteiger partial charge in [-0.1, -0.05) is 47.0 Å². The van der Waals surface area contributed by atoms with Crippen LogP contribution in [0.5, 0.6) is 11.5 Å². The molecule has 0 aliphatic rings. The molecule has 3 aromatic rings. The summed E-state index contributed by atoms with van der Waals surface area (Å²) >= 11 is 12.8. The van der Waals surface area contributed by atoms with Crippen LogP contribution in [0.25, 0.3) is 0 Å². The zero-order chi connectivity index (χ0) is 31.2. The lowest BCUT2D eigenvalue weighted by Crippen LogP contribution is -2.52. The molecule has 9 nitrogen and oxygen atoms in total. The Morgan fingerprint density at radius 2 is 1.50 bits per heavy atom. The van der Waals surface area contributed by atoms with Crippen LogP contribution >= 0.6 is 23.2 Å². The highest BCUT2D eigenvalue weighted by molar-refractivity contribution is 7.92. The lowest BCUT2D eigenvalue weighted by Gasteiger charge is -2.32. The molecular weight excluding hydrogens is 601 g/mol. The third kappa shape index (κ3) is 7.67. The number of hydrogen-bond acceptors (Lipinski definition) is 6. The molecule has 0 fully saturated rings. The van der Waals surface area contributed by atoms with Crippen LogP contribution in [0.1, 0.15) is 31.9 Å². The van der Waals surface area contributed by atoms with Crippen LogP contribution in [0.15, 0.2) is 65.6 Å². The number of benzene rings is 3. The van der Waals surface area contributed by atoms with Gasteiger partial charge in [-0.2, -0.15) is 0 Å². The molecule has 0 radical (unpaired) electrons. The first-order chi connectivity index (χ1) is 19.8. The summed E-state index contributed by atoms with van der Waals surface area (Å²) in [5.41, 5.74) is 1.46. The second kappa shape index (κ2) is 14.1. The number of ether oxygens (including phenoxy) is 2. The Labute approximate surface area is 257 Å². The minimum absolute atomic E-state index is 0.0121. The van der Waals surface area contributed by atoms with Crippen LogP contribution in [0, 0.1) is 6.92 Å². The highest BCUT2D eigenvalue weighted by Crippen LogP contribution is 2.34. The molecule has 0 aliphatic heterocycles. The van der Waals surface area contributed by atoms with Crippen molar-refractivity contribution in [3.63, 3.8) is 0 Å². The summed E-state index contributed by atoms with van der Waals surface area (Å²) in [5.74, 6) is -0.409. The number of anilines is 1. The molecule has 0 saturated carbocycles. The molecule has 1 unspecified atom stereocenters. The van der Waals surface area contributed by atoms with E-state index in [0.29, 0.717) is 21.4 Å². The van der Waals surface area contributed by atoms with Gasteiger partial charge in [-0.05, 0) is 64.1 Å². The summed E-state index contributed by atoms with van der Waals surface area (Å²) in [6, 6.07) is 14.6. The summed E-state index contributed by atoms with van der Waals surface area (Å²) in [4.78, 5) is 28.4. The van der Waals surface area contributed by atoms with E-state index in [0.717, 1.165) is 9.87 Å². The smallest absolute Gasteiger partial charge is 0.264 e. The van der Waals surface area contributed by atoms with E-state index in [9.17, 15) is 18.0 Å². The van der Waals surface area contributed by atoms with E-state index in [4.69, 9.17) is 32.7 Å². The first-order valence-electron chi connectivity index (χ1n) is 13.1. The van der Waals surface area contributed by atoms with E-state index in [1.807, 2.05) is 6.92 Å². The van der Waals surface area contributed by atoms with Gasteiger partial charge in [-0.15, -0.1) is 0 Å². The summed E-state index contributed by atoms with van der Waals surface area (Å²) in [7, 11) is -1.37. The molecule has 0 aliphatic carbocycles. The summed E-state index contributed by atoms with van der Waals surface area (Å²) < 4.78 is 39.8. The average molecular weight is 637 g/mol. The van der Waals surface area contributed by atoms with Gasteiger partial charge in [0.25, 0.3) is 10.0 Å². The molecule has 12 heteroatoms. The maximum Gasteiger partial charge on any atom is 0.264 e. The van der Waals surface area contributed by atoms with Gasteiger partial charge in [0, 0.05) is 34.3 Å². The molecule has 2 amide bonds. The monoisotopic (exact) mass is 635 g/mol. The molecule has 42 heavy (non-hydrogen) atoms. The predicted molar refractivity (Wildman–Crippen MR) is 165 cm³/mol. The lowest BCUT2D eigenvalue weighted by atomic mass is 10.1. The minimum Gasteiger partial charge on any atom is -0.493 e. The van der Waals surface area contributed by atoms with Gasteiger partial charge >= 0.3 is 0 Å². The Hall–Kier alpha value is -3.47. The first kappa shape index (κ1) is 33.0. The van der Waals surface area contributed by atoms with Gasteiger partial charge in [0.15, 0.2) is 11.5 Å². The fraction of sp³-hybridized carbons (Fsp3) is 0.333. The number of carbonyl (C=O) groups excluding carboxylic acids is 2. The number of halogens is 2. The number of nitrogens with zero attached hydrogens (tertiary/aromatic N) is 2. The van der Waals surface area contributed by atoms with Crippen molar-refractivity contribution in [2.75, 3.05) is 25.1 Å². The van der Waals surface area contributed by atoms with Crippen LogP contribution in [0.3, 0.4) is 0 Å². The van der Waals surface area contributed by atoms with Gasteiger partial charge in [0.1, 0.15) is 12.6 Å². The predicted octanol–water partition coefficient (Wildman–Crippen LogP) is 5.46. The third-order valence-electron chi connectivity index (χ3n) is 6.53. The number of rotatable bonds is 12. The van der Waals surface area contributed by atoms with Crippen molar-refractivity contribution in [3.05, 3.63) is 81.8 Å². The molecule has 0 spiro atoms. The summed E-state index contributed by atoms with van der Waals surface area (Å²) in [6.07, 6.45) is 0. The molecule has 0 saturated heterocycles. The van der Waals surface area contributed by atoms with E-state index >= 15 is 0 Å². The zero-order valence-corrected chi connectivity index (χ0v) is 26.7. The fourth-order valence-corrected chi connectivity index (χ4v) is 6.11. The van der Waals surface area contributed by atoms with E-state index < -0.39 is 34.4 Å². The van der Waals surface area contributed by atoms with E-state index in [-0.39, 0.29) is 28.9 Å². The highest BCUT2D eigenvalue weighted by Gasteiger charge is 2.33. The van der Waals surface area contributed by atoms with Crippen LogP contribution in [-0.2, 0) is 26.2 Å². The normalized spacial score (nSPS) is 12.0. The molecule has 0 bridgehead atoms. The molecule has 1 atom stereocenters. The van der Waals surface area contributed by atoms with Gasteiger partial charge in [-0.3, -0.25) is 13.9 Å². The van der Waals surface area contributed by atoms with Gasteiger partial charge in [-0.25, -0.2) is 8.42 Å². The van der Waals surface area contributed by atoms with E-state index in [1.165, 1.54) is 43.4 Å². The zero-order valence-electron chi connectivity index (χ0n) is 24.4. The number of nitrogens with one attached hydrogen (secondary N) is 1. The second-order valence-corrected chi connectivity index (χ2v) is 12.6. The van der Waals surface area contributed by atoms with Crippen molar-refractivity contribution in [3.8, 4) is 11.5 Å². The fourth-order valence-electron chi connectivity index (χ4n) is 4.19. The Balaban J connectivity index is 2.13.